The summed E-state index contributed by atoms with van der Waals surface area (Å²) in [6, 6.07) is -0.797. The van der Waals surface area contributed by atoms with Crippen molar-refractivity contribution >= 4 is 30.0 Å². The van der Waals surface area contributed by atoms with Gasteiger partial charge in [0.2, 0.25) is 0 Å². The number of ketones is 1. The number of nitrogens with zero attached hydrogens (tertiary/aromatic N) is 1. The van der Waals surface area contributed by atoms with E-state index in [1.807, 2.05) is 6.92 Å². The quantitative estimate of drug-likeness (QED) is 0.125. The predicted molar refractivity (Wildman–Crippen MR) is 204 cm³/mol. The van der Waals surface area contributed by atoms with E-state index in [4.69, 9.17) is 42.6 Å². The highest BCUT2D eigenvalue weighted by Gasteiger charge is 2.53. The Balaban J connectivity index is 1.65. The number of methoxy groups -OCH3 is 1. The maximum absolute atomic E-state index is 13.4. The third-order valence-corrected chi connectivity index (χ3v) is 11.3. The maximum Gasteiger partial charge on any atom is 0.309 e. The summed E-state index contributed by atoms with van der Waals surface area (Å²) in [5, 5.41) is 23.4. The molecule has 0 aromatic rings. The number of cyclic esters (lactones) is 1. The maximum atomic E-state index is 13.4. The Bertz CT molecular complexity index is 1440. The molecule has 0 amide bonds. The van der Waals surface area contributed by atoms with Crippen molar-refractivity contribution in [1.82, 2.24) is 4.90 Å². The number of allylic oxidation sites excluding steroid dienone is 1. The van der Waals surface area contributed by atoms with Crippen LogP contribution in [0.4, 0.5) is 0 Å². The standard InChI is InChI=1S/C41H65NO16/c1-11-12-31(46)56-39-24(5)52-33(20-41(39,7)49)57-36-23(4)53-40(35(48)34(36)42(8)9)58-37-26(15-16-43)17-21(2)27(45)13-14-28-29(55-28)18-22(3)51-32(47)19-30(38(37)50-10)54-25(6)44/h13-14,16,21-24,26,28-30,33-40,48-49H,11-12,15,17-20H2,1-10H3/b14-13+/t21-,22+,23-,24+,26-,28-,29+,30+,33-,34-,35-,36-,37+,38-,39+,40+,41+/m0/s1. The summed E-state index contributed by atoms with van der Waals surface area (Å²) in [5.74, 6) is -3.42. The second-order valence-corrected chi connectivity index (χ2v) is 16.6. The number of likely N-dealkylation sites (N-methyl/N-ethyl adjacent to an activating group) is 1. The van der Waals surface area contributed by atoms with Gasteiger partial charge in [0.15, 0.2) is 24.5 Å². The zero-order valence-electron chi connectivity index (χ0n) is 35.5. The molecule has 4 aliphatic heterocycles. The van der Waals surface area contributed by atoms with Gasteiger partial charge in [-0.2, -0.15) is 0 Å². The van der Waals surface area contributed by atoms with Gasteiger partial charge in [-0.1, -0.05) is 13.8 Å². The number of hydrogen-bond acceptors (Lipinski definition) is 17. The number of hydrogen-bond donors (Lipinski definition) is 2. The van der Waals surface area contributed by atoms with Crippen molar-refractivity contribution in [3.8, 4) is 0 Å². The van der Waals surface area contributed by atoms with Crippen LogP contribution < -0.4 is 0 Å². The number of carbonyl (C=O) groups excluding carboxylic acids is 5. The summed E-state index contributed by atoms with van der Waals surface area (Å²) in [6.07, 6.45) is -7.34. The highest BCUT2D eigenvalue weighted by atomic mass is 16.7. The van der Waals surface area contributed by atoms with Gasteiger partial charge in [-0.15, -0.1) is 0 Å². The molecule has 17 atom stereocenters. The lowest BCUT2D eigenvalue weighted by Gasteiger charge is -2.50. The van der Waals surface area contributed by atoms with Gasteiger partial charge in [-0.05, 0) is 72.7 Å². The van der Waals surface area contributed by atoms with E-state index in [2.05, 4.69) is 0 Å². The molecule has 0 saturated carbocycles. The molecule has 330 valence electrons. The topological polar surface area (TPSA) is 215 Å². The summed E-state index contributed by atoms with van der Waals surface area (Å²) in [4.78, 5) is 65.5. The van der Waals surface area contributed by atoms with Gasteiger partial charge in [0.25, 0.3) is 0 Å². The van der Waals surface area contributed by atoms with Crippen molar-refractivity contribution in [2.45, 2.75) is 185 Å². The van der Waals surface area contributed by atoms with Crippen LogP contribution in [-0.4, -0.2) is 158 Å². The molecule has 4 heterocycles. The number of carbonyl (C=O) groups is 5. The highest BCUT2D eigenvalue weighted by Crippen LogP contribution is 2.38. The molecule has 58 heavy (non-hydrogen) atoms. The Hall–Kier alpha value is -2.87. The van der Waals surface area contributed by atoms with Gasteiger partial charge in [-0.3, -0.25) is 19.2 Å². The minimum atomic E-state index is -1.50. The number of aliphatic hydroxyl groups is 2. The number of epoxide rings is 1. The van der Waals surface area contributed by atoms with Crippen molar-refractivity contribution in [3.05, 3.63) is 12.2 Å². The molecule has 0 unspecified atom stereocenters. The van der Waals surface area contributed by atoms with Gasteiger partial charge < -0.3 is 62.5 Å². The molecular formula is C41H65NO16. The molecule has 0 aromatic heterocycles. The zero-order valence-corrected chi connectivity index (χ0v) is 35.5. The predicted octanol–water partition coefficient (Wildman–Crippen LogP) is 2.19. The largest absolute Gasteiger partial charge is 0.462 e. The number of rotatable bonds is 12. The molecule has 17 heteroatoms. The molecule has 0 radical (unpaired) electrons. The minimum Gasteiger partial charge on any atom is -0.462 e. The number of aldehydes is 1. The van der Waals surface area contributed by atoms with Crippen LogP contribution in [0.2, 0.25) is 0 Å². The average Bonchev–Trinajstić information content (AvgIpc) is 3.86. The van der Waals surface area contributed by atoms with E-state index >= 15 is 0 Å². The van der Waals surface area contributed by atoms with E-state index in [0.717, 1.165) is 0 Å². The second kappa shape index (κ2) is 21.1. The first-order chi connectivity index (χ1) is 27.3. The van der Waals surface area contributed by atoms with Crippen LogP contribution in [0.15, 0.2) is 12.2 Å². The minimum absolute atomic E-state index is 0.0507. The molecule has 0 aliphatic carbocycles. The van der Waals surface area contributed by atoms with E-state index < -0.39 is 115 Å². The molecule has 4 aliphatic rings. The lowest BCUT2D eigenvalue weighted by molar-refractivity contribution is -0.344. The van der Waals surface area contributed by atoms with Gasteiger partial charge >= 0.3 is 17.9 Å². The Morgan fingerprint density at radius 2 is 1.71 bits per heavy atom. The van der Waals surface area contributed by atoms with E-state index in [0.29, 0.717) is 19.1 Å². The van der Waals surface area contributed by atoms with Crippen LogP contribution in [-0.2, 0) is 66.6 Å². The normalized spacial score (nSPS) is 42.2. The SMILES string of the molecule is CCCC(=O)O[C@@H]1[C@@H](C)O[C@@H](O[C@@H]2[C@@H](N(C)C)[C@H](O)[C@@H](O[C@@H]3[C@@H](CC=O)C[C@H](C)C(=O)/C=C/[C@@H]4O[C@@H]4C[C@@H](C)OC(=O)C[C@@H](OC(C)=O)[C@@H]3OC)O[C@H]2C)C[C@@]1(C)O. The van der Waals surface area contributed by atoms with Crippen LogP contribution in [0.5, 0.6) is 0 Å². The van der Waals surface area contributed by atoms with E-state index in [9.17, 15) is 34.2 Å². The Kier molecular flexibility index (Phi) is 17.4. The van der Waals surface area contributed by atoms with Crippen LogP contribution >= 0.6 is 0 Å². The van der Waals surface area contributed by atoms with E-state index in [-0.39, 0.29) is 43.7 Å². The summed E-state index contributed by atoms with van der Waals surface area (Å²) in [5.41, 5.74) is -1.50. The summed E-state index contributed by atoms with van der Waals surface area (Å²) < 4.78 is 54.1. The summed E-state index contributed by atoms with van der Waals surface area (Å²) in [6.45, 7) is 11.4. The molecule has 4 rings (SSSR count). The highest BCUT2D eigenvalue weighted by molar-refractivity contribution is 5.91. The third kappa shape index (κ3) is 12.6. The molecule has 17 nitrogen and oxygen atoms in total. The summed E-state index contributed by atoms with van der Waals surface area (Å²) in [7, 11) is 4.81. The first kappa shape index (κ1) is 47.8. The van der Waals surface area contributed by atoms with Gasteiger partial charge in [0.05, 0.1) is 36.9 Å². The zero-order chi connectivity index (χ0) is 43.1. The first-order valence-electron chi connectivity index (χ1n) is 20.4. The van der Waals surface area contributed by atoms with Gasteiger partial charge in [0.1, 0.15) is 48.5 Å². The number of esters is 3. The van der Waals surface area contributed by atoms with Crippen molar-refractivity contribution in [1.29, 1.82) is 0 Å². The first-order valence-corrected chi connectivity index (χ1v) is 20.4. The van der Waals surface area contributed by atoms with Crippen molar-refractivity contribution in [3.63, 3.8) is 0 Å². The fourth-order valence-corrected chi connectivity index (χ4v) is 8.39. The lowest BCUT2D eigenvalue weighted by Crippen LogP contribution is -2.66. The van der Waals surface area contributed by atoms with Crippen LogP contribution in [0.25, 0.3) is 0 Å². The van der Waals surface area contributed by atoms with Gasteiger partial charge in [0, 0.05) is 45.6 Å². The van der Waals surface area contributed by atoms with Crippen LogP contribution in [0, 0.1) is 11.8 Å². The lowest BCUT2D eigenvalue weighted by atomic mass is 9.83. The smallest absolute Gasteiger partial charge is 0.309 e. The molecule has 2 N–H and O–H groups in total. The Morgan fingerprint density at radius 3 is 2.31 bits per heavy atom. The fraction of sp³-hybridized carbons (Fsp3) is 0.829. The molecular weight excluding hydrogens is 762 g/mol. The van der Waals surface area contributed by atoms with Crippen LogP contribution in [0.3, 0.4) is 0 Å². The Labute approximate surface area is 341 Å². The van der Waals surface area contributed by atoms with E-state index in [1.54, 1.807) is 59.7 Å². The monoisotopic (exact) mass is 827 g/mol. The molecule has 0 spiro atoms. The van der Waals surface area contributed by atoms with Crippen LogP contribution in [0.1, 0.15) is 93.4 Å². The number of aliphatic hydroxyl groups excluding tert-OH is 1. The fourth-order valence-electron chi connectivity index (χ4n) is 8.39. The molecule has 3 fully saturated rings. The average molecular weight is 828 g/mol. The molecule has 3 saturated heterocycles. The number of ether oxygens (including phenoxy) is 9. The van der Waals surface area contributed by atoms with E-state index in [1.165, 1.54) is 20.1 Å². The van der Waals surface area contributed by atoms with Crippen molar-refractivity contribution in [2.24, 2.45) is 11.8 Å². The number of fused-ring (bicyclic) bond motifs is 1. The third-order valence-electron chi connectivity index (χ3n) is 11.3. The van der Waals surface area contributed by atoms with Crippen molar-refractivity contribution in [2.75, 3.05) is 21.2 Å². The Morgan fingerprint density at radius 1 is 1.00 bits per heavy atom. The summed E-state index contributed by atoms with van der Waals surface area (Å²) >= 11 is 0. The molecule has 0 aromatic carbocycles. The van der Waals surface area contributed by atoms with Gasteiger partial charge in [-0.25, -0.2) is 0 Å². The molecule has 0 bridgehead atoms. The second-order valence-electron chi connectivity index (χ2n) is 16.6. The van der Waals surface area contributed by atoms with Crippen molar-refractivity contribution < 1.29 is 76.8 Å².